The van der Waals surface area contributed by atoms with Gasteiger partial charge < -0.3 is 15.6 Å². The molecule has 0 radical (unpaired) electrons. The number of nitrogens with zero attached hydrogens (tertiary/aromatic N) is 1. The summed E-state index contributed by atoms with van der Waals surface area (Å²) in [7, 11) is 0. The Morgan fingerprint density at radius 1 is 1.11 bits per heavy atom. The lowest BCUT2D eigenvalue weighted by Gasteiger charge is -2.14. The molecule has 1 saturated heterocycles. The molecule has 4 nitrogen and oxygen atoms in total. The molecule has 6 heteroatoms. The van der Waals surface area contributed by atoms with Crippen LogP contribution < -0.4 is 10.6 Å². The van der Waals surface area contributed by atoms with E-state index in [1.54, 1.807) is 0 Å². The number of hydrogen-bond acceptors (Lipinski definition) is 3. The van der Waals surface area contributed by atoms with Gasteiger partial charge in [-0.25, -0.2) is 4.98 Å². The van der Waals surface area contributed by atoms with E-state index < -0.39 is 0 Å². The summed E-state index contributed by atoms with van der Waals surface area (Å²) in [5, 5.41) is 6.92. The number of para-hydroxylation sites is 2. The van der Waals surface area contributed by atoms with Crippen molar-refractivity contribution in [2.45, 2.75) is 25.3 Å². The molecule has 1 unspecified atom stereocenters. The Morgan fingerprint density at radius 2 is 1.95 bits per heavy atom. The van der Waals surface area contributed by atoms with Gasteiger partial charge in [0.25, 0.3) is 0 Å². The van der Waals surface area contributed by atoms with Crippen LogP contribution in [-0.4, -0.2) is 29.1 Å². The van der Waals surface area contributed by atoms with Gasteiger partial charge in [0.2, 0.25) is 5.95 Å². The highest BCUT2D eigenvalue weighted by atomic mass is 35.5. The lowest BCUT2D eigenvalue weighted by molar-refractivity contribution is 0.633. The Bertz CT molecular complexity index is 459. The van der Waals surface area contributed by atoms with E-state index >= 15 is 0 Å². The predicted molar refractivity (Wildman–Crippen MR) is 84.7 cm³/mol. The van der Waals surface area contributed by atoms with Crippen molar-refractivity contribution in [1.29, 1.82) is 0 Å². The van der Waals surface area contributed by atoms with Crippen LogP contribution >= 0.6 is 24.8 Å². The van der Waals surface area contributed by atoms with E-state index in [0.717, 1.165) is 36.5 Å². The minimum Gasteiger partial charge on any atom is -0.353 e. The van der Waals surface area contributed by atoms with Crippen LogP contribution in [0.5, 0.6) is 0 Å². The maximum Gasteiger partial charge on any atom is 0.201 e. The van der Waals surface area contributed by atoms with Crippen molar-refractivity contribution in [3.63, 3.8) is 0 Å². The average Bonchev–Trinajstić information content (AvgIpc) is 2.57. The highest BCUT2D eigenvalue weighted by Gasteiger charge is 2.12. The lowest BCUT2D eigenvalue weighted by atomic mass is 10.1. The topological polar surface area (TPSA) is 52.7 Å². The summed E-state index contributed by atoms with van der Waals surface area (Å²) in [6.45, 7) is 2.23. The van der Waals surface area contributed by atoms with Gasteiger partial charge in [0.15, 0.2) is 0 Å². The zero-order chi connectivity index (χ0) is 11.5. The molecule has 1 aromatic heterocycles. The minimum absolute atomic E-state index is 0. The van der Waals surface area contributed by atoms with Crippen molar-refractivity contribution in [1.82, 2.24) is 15.3 Å². The first kappa shape index (κ1) is 16.1. The molecule has 0 amide bonds. The molecule has 1 aliphatic rings. The van der Waals surface area contributed by atoms with Crippen LogP contribution in [0.1, 0.15) is 19.3 Å². The van der Waals surface area contributed by atoms with Gasteiger partial charge in [0, 0.05) is 6.04 Å². The van der Waals surface area contributed by atoms with Gasteiger partial charge in [-0.05, 0) is 44.5 Å². The molecule has 3 N–H and O–H groups in total. The Kier molecular flexibility index (Phi) is 6.42. The lowest BCUT2D eigenvalue weighted by Crippen LogP contribution is -2.22. The number of rotatable bonds is 2. The number of nitrogens with one attached hydrogen (secondary N) is 3. The molecule has 3 rings (SSSR count). The van der Waals surface area contributed by atoms with Crippen LogP contribution in [0, 0.1) is 0 Å². The van der Waals surface area contributed by atoms with Crippen LogP contribution in [0.15, 0.2) is 24.3 Å². The van der Waals surface area contributed by atoms with Crippen molar-refractivity contribution >= 4 is 41.8 Å². The molecular formula is C13H20Cl2N4. The van der Waals surface area contributed by atoms with Crippen LogP contribution in [0.4, 0.5) is 5.95 Å². The van der Waals surface area contributed by atoms with Gasteiger partial charge in [0.05, 0.1) is 11.0 Å². The highest BCUT2D eigenvalue weighted by molar-refractivity contribution is 5.85. The van der Waals surface area contributed by atoms with E-state index in [9.17, 15) is 0 Å². The third-order valence-corrected chi connectivity index (χ3v) is 3.31. The maximum absolute atomic E-state index is 4.55. The summed E-state index contributed by atoms with van der Waals surface area (Å²) in [4.78, 5) is 7.87. The summed E-state index contributed by atoms with van der Waals surface area (Å²) in [6, 6.07) is 8.67. The average molecular weight is 303 g/mol. The molecule has 1 fully saturated rings. The van der Waals surface area contributed by atoms with Crippen molar-refractivity contribution in [3.8, 4) is 0 Å². The Balaban J connectivity index is 0.000000902. The molecule has 1 aliphatic heterocycles. The highest BCUT2D eigenvalue weighted by Crippen LogP contribution is 2.16. The summed E-state index contributed by atoms with van der Waals surface area (Å²) >= 11 is 0. The van der Waals surface area contributed by atoms with Gasteiger partial charge in [-0.15, -0.1) is 24.8 Å². The molecule has 1 atom stereocenters. The van der Waals surface area contributed by atoms with Gasteiger partial charge in [-0.1, -0.05) is 12.1 Å². The van der Waals surface area contributed by atoms with Crippen molar-refractivity contribution < 1.29 is 0 Å². The van der Waals surface area contributed by atoms with E-state index in [2.05, 4.69) is 26.7 Å². The molecule has 0 spiro atoms. The van der Waals surface area contributed by atoms with Crippen molar-refractivity contribution in [2.24, 2.45) is 0 Å². The van der Waals surface area contributed by atoms with E-state index in [1.807, 2.05) is 18.2 Å². The number of aromatic nitrogens is 2. The second-order valence-corrected chi connectivity index (χ2v) is 4.62. The van der Waals surface area contributed by atoms with Crippen molar-refractivity contribution in [2.75, 3.05) is 18.4 Å². The number of aromatic amines is 1. The normalized spacial score (nSPS) is 19.1. The number of benzene rings is 1. The van der Waals surface area contributed by atoms with Gasteiger partial charge in [-0.3, -0.25) is 0 Å². The molecule has 106 valence electrons. The Labute approximate surface area is 125 Å². The number of halogens is 2. The maximum atomic E-state index is 4.55. The summed E-state index contributed by atoms with van der Waals surface area (Å²) in [5.41, 5.74) is 2.13. The number of imidazole rings is 1. The zero-order valence-corrected chi connectivity index (χ0v) is 12.3. The predicted octanol–water partition coefficient (Wildman–Crippen LogP) is 2.96. The molecule has 0 bridgehead atoms. The van der Waals surface area contributed by atoms with Crippen LogP contribution in [0.25, 0.3) is 11.0 Å². The number of hydrogen-bond donors (Lipinski definition) is 3. The first-order valence-corrected chi connectivity index (χ1v) is 6.34. The van der Waals surface area contributed by atoms with Gasteiger partial charge >= 0.3 is 0 Å². The molecular weight excluding hydrogens is 283 g/mol. The van der Waals surface area contributed by atoms with Crippen LogP contribution in [-0.2, 0) is 0 Å². The number of H-pyrrole nitrogens is 1. The smallest absolute Gasteiger partial charge is 0.201 e. The van der Waals surface area contributed by atoms with E-state index in [4.69, 9.17) is 0 Å². The monoisotopic (exact) mass is 302 g/mol. The third kappa shape index (κ3) is 4.00. The zero-order valence-electron chi connectivity index (χ0n) is 10.7. The largest absolute Gasteiger partial charge is 0.353 e. The second kappa shape index (κ2) is 7.58. The van der Waals surface area contributed by atoms with Crippen LogP contribution in [0.3, 0.4) is 0 Å². The second-order valence-electron chi connectivity index (χ2n) is 4.62. The molecule has 0 aliphatic carbocycles. The fourth-order valence-electron chi connectivity index (χ4n) is 2.38. The third-order valence-electron chi connectivity index (χ3n) is 3.31. The molecule has 19 heavy (non-hydrogen) atoms. The van der Waals surface area contributed by atoms with Gasteiger partial charge in [0.1, 0.15) is 0 Å². The van der Waals surface area contributed by atoms with Gasteiger partial charge in [-0.2, -0.15) is 0 Å². The van der Waals surface area contributed by atoms with E-state index in [0.29, 0.717) is 6.04 Å². The molecule has 2 aromatic rings. The van der Waals surface area contributed by atoms with Crippen LogP contribution in [0.2, 0.25) is 0 Å². The standard InChI is InChI=1S/C13H18N4.2ClH/c1-2-6-12-11(5-1)16-13(17-12)15-10-4-3-8-14-9-7-10;;/h1-2,5-6,10,14H,3-4,7-9H2,(H2,15,16,17);2*1H. The summed E-state index contributed by atoms with van der Waals surface area (Å²) in [6.07, 6.45) is 3.61. The van der Waals surface area contributed by atoms with E-state index in [1.165, 1.54) is 12.8 Å². The minimum atomic E-state index is 0. The first-order chi connectivity index (χ1) is 8.42. The quantitative estimate of drug-likeness (QED) is 0.799. The fourth-order valence-corrected chi connectivity index (χ4v) is 2.38. The molecule has 2 heterocycles. The Morgan fingerprint density at radius 3 is 2.79 bits per heavy atom. The Hall–Kier alpha value is -0.970. The SMILES string of the molecule is Cl.Cl.c1ccc2[nH]c(NC3CCCNCC3)nc2c1. The first-order valence-electron chi connectivity index (χ1n) is 6.34. The summed E-state index contributed by atoms with van der Waals surface area (Å²) < 4.78 is 0. The number of anilines is 1. The van der Waals surface area contributed by atoms with E-state index in [-0.39, 0.29) is 24.8 Å². The number of fused-ring (bicyclic) bond motifs is 1. The fraction of sp³-hybridized carbons (Fsp3) is 0.462. The molecule has 1 aromatic carbocycles. The molecule has 0 saturated carbocycles. The summed E-state index contributed by atoms with van der Waals surface area (Å²) in [5.74, 6) is 0.901. The van der Waals surface area contributed by atoms with Crippen molar-refractivity contribution in [3.05, 3.63) is 24.3 Å².